The fourth-order valence-electron chi connectivity index (χ4n) is 2.84. The Labute approximate surface area is 185 Å². The maximum absolute atomic E-state index is 13.3. The lowest BCUT2D eigenvalue weighted by Crippen LogP contribution is -2.33. The molecule has 0 bridgehead atoms. The molecule has 0 fully saturated rings. The van der Waals surface area contributed by atoms with Crippen molar-refractivity contribution in [3.05, 3.63) is 78.1 Å². The van der Waals surface area contributed by atoms with Crippen molar-refractivity contribution < 1.29 is 9.53 Å². The number of halogens is 1. The Morgan fingerprint density at radius 3 is 2.67 bits per heavy atom. The number of thiazole rings is 1. The van der Waals surface area contributed by atoms with Crippen LogP contribution in [-0.2, 0) is 4.79 Å². The Bertz CT molecular complexity index is 1300. The van der Waals surface area contributed by atoms with E-state index in [0.29, 0.717) is 22.6 Å². The minimum absolute atomic E-state index is 0.123. The van der Waals surface area contributed by atoms with Crippen LogP contribution in [0.3, 0.4) is 0 Å². The molecule has 3 rings (SSSR count). The van der Waals surface area contributed by atoms with E-state index < -0.39 is 5.91 Å². The van der Waals surface area contributed by atoms with Gasteiger partial charge in [0.1, 0.15) is 16.5 Å². The van der Waals surface area contributed by atoms with E-state index in [4.69, 9.17) is 4.74 Å². The number of nitrogens with one attached hydrogen (secondary N) is 1. The molecular weight excluding hydrogens is 466 g/mol. The minimum atomic E-state index is -0.549. The first-order valence-corrected chi connectivity index (χ1v) is 10.7. The van der Waals surface area contributed by atoms with E-state index in [2.05, 4.69) is 21.2 Å². The van der Waals surface area contributed by atoms with Gasteiger partial charge in [-0.3, -0.25) is 14.2 Å². The van der Waals surface area contributed by atoms with Crippen molar-refractivity contribution in [3.63, 3.8) is 0 Å². The van der Waals surface area contributed by atoms with Gasteiger partial charge in [-0.25, -0.2) is 0 Å². The number of para-hydroxylation sites is 1. The normalized spacial score (nSPS) is 12.3. The average molecular weight is 484 g/mol. The number of amides is 1. The highest BCUT2D eigenvalue weighted by Gasteiger charge is 2.16. The van der Waals surface area contributed by atoms with Crippen LogP contribution < -0.4 is 24.8 Å². The van der Waals surface area contributed by atoms with Crippen molar-refractivity contribution >= 4 is 44.8 Å². The number of nitriles is 1. The third-order valence-electron chi connectivity index (χ3n) is 4.18. The maximum atomic E-state index is 13.3. The lowest BCUT2D eigenvalue weighted by molar-refractivity contribution is -0.115. The molecule has 1 heterocycles. The number of aromatic nitrogens is 1. The second-order valence-electron chi connectivity index (χ2n) is 6.07. The Hall–Kier alpha value is -3.15. The molecule has 0 saturated carbocycles. The number of nitrogens with zero attached hydrogens (tertiary/aromatic N) is 2. The molecule has 0 aliphatic rings. The number of carbonyl (C=O) groups is 1. The van der Waals surface area contributed by atoms with Crippen LogP contribution in [0.5, 0.6) is 5.75 Å². The lowest BCUT2D eigenvalue weighted by atomic mass is 10.2. The molecule has 0 aliphatic heterocycles. The summed E-state index contributed by atoms with van der Waals surface area (Å²) in [6.45, 7) is 2.37. The summed E-state index contributed by atoms with van der Waals surface area (Å²) in [4.78, 5) is 25.6. The Morgan fingerprint density at radius 2 is 2.03 bits per heavy atom. The number of benzene rings is 2. The highest BCUT2D eigenvalue weighted by Crippen LogP contribution is 2.23. The fourth-order valence-corrected chi connectivity index (χ4v) is 4.31. The molecule has 30 heavy (non-hydrogen) atoms. The smallest absolute Gasteiger partial charge is 0.273 e. The summed E-state index contributed by atoms with van der Waals surface area (Å²) in [5.41, 5.74) is 0.849. The molecule has 2 aromatic carbocycles. The molecule has 0 atom stereocenters. The van der Waals surface area contributed by atoms with Crippen molar-refractivity contribution in [2.45, 2.75) is 6.92 Å². The molecule has 8 heteroatoms. The number of ether oxygens (including phenoxy) is 1. The SMILES string of the molecule is CCOc1ccc(Br)cc1/C=c1/s/c(=C(\C#N)C(=O)NC)n(-c2ccccc2)c1=O. The summed E-state index contributed by atoms with van der Waals surface area (Å²) in [7, 11) is 1.45. The first-order chi connectivity index (χ1) is 14.5. The van der Waals surface area contributed by atoms with Crippen molar-refractivity contribution in [2.24, 2.45) is 0 Å². The van der Waals surface area contributed by atoms with E-state index in [9.17, 15) is 14.9 Å². The average Bonchev–Trinajstić information content (AvgIpc) is 3.06. The van der Waals surface area contributed by atoms with Gasteiger partial charge in [0.05, 0.1) is 16.8 Å². The van der Waals surface area contributed by atoms with Gasteiger partial charge < -0.3 is 10.1 Å². The molecule has 1 N–H and O–H groups in total. The Morgan fingerprint density at radius 1 is 1.30 bits per heavy atom. The van der Waals surface area contributed by atoms with Crippen LogP contribution in [0.1, 0.15) is 12.5 Å². The van der Waals surface area contributed by atoms with Gasteiger partial charge in [-0.05, 0) is 43.3 Å². The molecule has 0 radical (unpaired) electrons. The molecule has 0 spiro atoms. The van der Waals surface area contributed by atoms with E-state index in [1.807, 2.05) is 37.3 Å². The van der Waals surface area contributed by atoms with Gasteiger partial charge in [-0.2, -0.15) is 5.26 Å². The van der Waals surface area contributed by atoms with Crippen LogP contribution in [0, 0.1) is 11.3 Å². The topological polar surface area (TPSA) is 84.1 Å². The van der Waals surface area contributed by atoms with E-state index in [1.54, 1.807) is 30.3 Å². The molecule has 1 amide bonds. The van der Waals surface area contributed by atoms with E-state index in [1.165, 1.54) is 11.6 Å². The zero-order chi connectivity index (χ0) is 21.7. The molecule has 1 aromatic heterocycles. The number of rotatable bonds is 5. The van der Waals surface area contributed by atoms with Gasteiger partial charge >= 0.3 is 0 Å². The third-order valence-corrected chi connectivity index (χ3v) is 5.76. The quantitative estimate of drug-likeness (QED) is 0.603. The van der Waals surface area contributed by atoms with Crippen LogP contribution >= 0.6 is 27.3 Å². The van der Waals surface area contributed by atoms with Gasteiger partial charge in [0, 0.05) is 17.1 Å². The second-order valence-corrected chi connectivity index (χ2v) is 8.02. The molecule has 0 unspecified atom stereocenters. The molecule has 152 valence electrons. The molecular formula is C22H18BrN3O3S. The Balaban J connectivity index is 2.41. The van der Waals surface area contributed by atoms with Crippen LogP contribution in [-0.4, -0.2) is 24.1 Å². The van der Waals surface area contributed by atoms with Crippen LogP contribution in [0.2, 0.25) is 0 Å². The Kier molecular flexibility index (Phi) is 6.87. The van der Waals surface area contributed by atoms with Gasteiger partial charge in [0.25, 0.3) is 11.5 Å². The van der Waals surface area contributed by atoms with Gasteiger partial charge in [-0.1, -0.05) is 34.1 Å². The summed E-state index contributed by atoms with van der Waals surface area (Å²) in [5.74, 6) is 0.0875. The van der Waals surface area contributed by atoms with Crippen molar-refractivity contribution in [3.8, 4) is 17.5 Å². The molecule has 6 nitrogen and oxygen atoms in total. The highest BCUT2D eigenvalue weighted by molar-refractivity contribution is 9.10. The summed E-state index contributed by atoms with van der Waals surface area (Å²) in [6, 6.07) is 16.4. The highest BCUT2D eigenvalue weighted by atomic mass is 79.9. The summed E-state index contributed by atoms with van der Waals surface area (Å²) in [5, 5.41) is 12.1. The van der Waals surface area contributed by atoms with Crippen LogP contribution in [0.4, 0.5) is 0 Å². The second kappa shape index (κ2) is 9.57. The predicted molar refractivity (Wildman–Crippen MR) is 121 cm³/mol. The van der Waals surface area contributed by atoms with Gasteiger partial charge in [0.15, 0.2) is 5.57 Å². The van der Waals surface area contributed by atoms with Crippen LogP contribution in [0.25, 0.3) is 17.3 Å². The number of hydrogen-bond donors (Lipinski definition) is 1. The fraction of sp³-hybridized carbons (Fsp3) is 0.136. The van der Waals surface area contributed by atoms with Crippen LogP contribution in [0.15, 0.2) is 57.8 Å². The molecule has 0 saturated heterocycles. The summed E-state index contributed by atoms with van der Waals surface area (Å²) < 4.78 is 8.55. The summed E-state index contributed by atoms with van der Waals surface area (Å²) in [6.07, 6.45) is 1.71. The van der Waals surface area contributed by atoms with Crippen molar-refractivity contribution in [1.29, 1.82) is 5.26 Å². The lowest BCUT2D eigenvalue weighted by Gasteiger charge is -2.06. The number of hydrogen-bond acceptors (Lipinski definition) is 5. The summed E-state index contributed by atoms with van der Waals surface area (Å²) >= 11 is 4.53. The minimum Gasteiger partial charge on any atom is -0.493 e. The standard InChI is InChI=1S/C22H18BrN3O3S/c1-3-29-18-10-9-15(23)11-14(18)12-19-21(28)26(16-7-5-4-6-8-16)22(30-19)17(13-24)20(27)25-2/h4-12H,3H2,1-2H3,(H,25,27)/b19-12+,22-17+. The van der Waals surface area contributed by atoms with E-state index >= 15 is 0 Å². The number of carbonyl (C=O) groups excluding carboxylic acids is 1. The van der Waals surface area contributed by atoms with Gasteiger partial charge in [0.2, 0.25) is 0 Å². The monoisotopic (exact) mass is 483 g/mol. The molecule has 0 aliphatic carbocycles. The van der Waals surface area contributed by atoms with E-state index in [0.717, 1.165) is 21.4 Å². The first kappa shape index (κ1) is 21.6. The van der Waals surface area contributed by atoms with E-state index in [-0.39, 0.29) is 15.8 Å². The maximum Gasteiger partial charge on any atom is 0.273 e. The zero-order valence-corrected chi connectivity index (χ0v) is 18.7. The molecule has 3 aromatic rings. The largest absolute Gasteiger partial charge is 0.493 e. The third kappa shape index (κ3) is 4.37. The predicted octanol–water partition coefficient (Wildman–Crippen LogP) is 2.31. The van der Waals surface area contributed by atoms with Gasteiger partial charge in [-0.15, -0.1) is 11.3 Å². The first-order valence-electron chi connectivity index (χ1n) is 9.08. The van der Waals surface area contributed by atoms with Crippen molar-refractivity contribution in [2.75, 3.05) is 13.7 Å². The van der Waals surface area contributed by atoms with Crippen molar-refractivity contribution in [1.82, 2.24) is 9.88 Å². The zero-order valence-electron chi connectivity index (χ0n) is 16.3.